The molecule has 0 spiro atoms. The number of allylic oxidation sites excluding steroid dienone is 2. The number of carboxylic acid groups (broad SMARTS) is 2. The summed E-state index contributed by atoms with van der Waals surface area (Å²) < 4.78 is 11.1. The van der Waals surface area contributed by atoms with Crippen molar-refractivity contribution in [2.45, 2.75) is 207 Å². The molecule has 9 heteroatoms. The molecule has 0 unspecified atom stereocenters. The second kappa shape index (κ2) is 40.8. The van der Waals surface area contributed by atoms with E-state index in [1.54, 1.807) is 13.8 Å². The normalized spacial score (nSPS) is 12.0. The maximum absolute atomic E-state index is 11.8. The molecule has 2 atom stereocenters. The van der Waals surface area contributed by atoms with Crippen LogP contribution < -0.4 is 10.2 Å². The monoisotopic (exact) mass is 755 g/mol. The molecule has 0 heterocycles. The van der Waals surface area contributed by atoms with Gasteiger partial charge in [0.15, 0.2) is 0 Å². The van der Waals surface area contributed by atoms with Crippen LogP contribution >= 0.6 is 0 Å². The largest absolute Gasteiger partial charge is 2.00 e. The van der Waals surface area contributed by atoms with Gasteiger partial charge in [0.1, 0.15) is 12.2 Å². The molecule has 0 bridgehead atoms. The topological polar surface area (TPSA) is 133 Å². The van der Waals surface area contributed by atoms with Crippen LogP contribution in [-0.4, -0.2) is 59.1 Å². The molecule has 0 aliphatic carbocycles. The van der Waals surface area contributed by atoms with Crippen LogP contribution in [0.15, 0.2) is 48.6 Å². The average molecular weight is 755 g/mol. The molecule has 0 rings (SSSR count). The van der Waals surface area contributed by atoms with Crippen molar-refractivity contribution in [1.29, 1.82) is 0 Å². The fraction of sp³-hybridized carbons (Fsp3) is 0.727. The second-order valence-corrected chi connectivity index (χ2v) is 14.1. The van der Waals surface area contributed by atoms with Gasteiger partial charge in [-0.3, -0.25) is 0 Å². The molecule has 0 aliphatic rings. The van der Waals surface area contributed by atoms with Crippen LogP contribution in [0.3, 0.4) is 0 Å². The molecular formula is C44H74MgO8. The van der Waals surface area contributed by atoms with Gasteiger partial charge < -0.3 is 29.3 Å². The predicted molar refractivity (Wildman–Crippen MR) is 215 cm³/mol. The van der Waals surface area contributed by atoms with Crippen LogP contribution in [0.25, 0.3) is 0 Å². The summed E-state index contributed by atoms with van der Waals surface area (Å²) in [5, 5.41) is 20.6. The number of carbonyl (C=O) groups excluding carboxylic acids is 4. The third-order valence-electron chi connectivity index (χ3n) is 8.64. The smallest absolute Gasteiger partial charge is 0.550 e. The first-order valence-corrected chi connectivity index (χ1v) is 20.4. The number of rotatable bonds is 34. The maximum atomic E-state index is 11.8. The summed E-state index contributed by atoms with van der Waals surface area (Å²) in [5.74, 6) is -2.50. The van der Waals surface area contributed by atoms with E-state index in [2.05, 4.69) is 51.3 Å². The number of unbranched alkanes of at least 4 members (excludes halogenated alkanes) is 16. The van der Waals surface area contributed by atoms with Crippen molar-refractivity contribution in [2.24, 2.45) is 0 Å². The van der Waals surface area contributed by atoms with Crippen LogP contribution in [0.2, 0.25) is 0 Å². The van der Waals surface area contributed by atoms with Crippen molar-refractivity contribution in [3.05, 3.63) is 48.6 Å². The summed E-state index contributed by atoms with van der Waals surface area (Å²) in [5.41, 5.74) is 0.900. The Balaban J connectivity index is -0.000000926. The Hall–Kier alpha value is -2.39. The molecule has 0 saturated carbocycles. The van der Waals surface area contributed by atoms with Crippen LogP contribution in [0.4, 0.5) is 0 Å². The van der Waals surface area contributed by atoms with Crippen molar-refractivity contribution in [3.63, 3.8) is 0 Å². The summed E-state index contributed by atoms with van der Waals surface area (Å²) in [6.45, 7) is 15.0. The third-order valence-corrected chi connectivity index (χ3v) is 8.64. The van der Waals surface area contributed by atoms with Gasteiger partial charge in [-0.05, 0) is 90.9 Å². The molecule has 8 nitrogen and oxygen atoms in total. The number of esters is 2. The van der Waals surface area contributed by atoms with E-state index in [0.717, 1.165) is 103 Å². The number of aliphatic carboxylic acids is 2. The van der Waals surface area contributed by atoms with Gasteiger partial charge >= 0.3 is 35.0 Å². The van der Waals surface area contributed by atoms with Crippen LogP contribution in [0.5, 0.6) is 0 Å². The van der Waals surface area contributed by atoms with Gasteiger partial charge in [-0.1, -0.05) is 128 Å². The molecule has 300 valence electrons. The Morgan fingerprint density at radius 3 is 1.15 bits per heavy atom. The molecule has 53 heavy (non-hydrogen) atoms. The minimum atomic E-state index is -0.954. The maximum Gasteiger partial charge on any atom is 2.00 e. The van der Waals surface area contributed by atoms with E-state index in [4.69, 9.17) is 9.47 Å². The first kappa shape index (κ1) is 54.9. The molecule has 0 saturated heterocycles. The fourth-order valence-electron chi connectivity index (χ4n) is 5.41. The number of hydrogen-bond acceptors (Lipinski definition) is 8. The van der Waals surface area contributed by atoms with Crippen molar-refractivity contribution in [2.75, 3.05) is 0 Å². The van der Waals surface area contributed by atoms with E-state index in [9.17, 15) is 29.4 Å². The van der Waals surface area contributed by atoms with Gasteiger partial charge in [-0.25, -0.2) is 9.59 Å². The van der Waals surface area contributed by atoms with Crippen LogP contribution in [-0.2, 0) is 28.7 Å². The van der Waals surface area contributed by atoms with Crippen molar-refractivity contribution in [1.82, 2.24) is 0 Å². The van der Waals surface area contributed by atoms with Gasteiger partial charge in [0, 0.05) is 35.9 Å². The quantitative estimate of drug-likeness (QED) is 0.0209. The molecule has 0 amide bonds. The van der Waals surface area contributed by atoms with Gasteiger partial charge in [0.05, 0.1) is 0 Å². The van der Waals surface area contributed by atoms with Crippen LogP contribution in [0.1, 0.15) is 195 Å². The number of ether oxygens (including phenoxy) is 2. The minimum absolute atomic E-state index is 0. The average Bonchev–Trinajstić information content (AvgIpc) is 3.09. The first-order chi connectivity index (χ1) is 24.9. The molecule has 0 aromatic carbocycles. The number of carboxylic acids is 2. The Labute approximate surface area is 339 Å². The SMILES string of the molecule is C=C(C)C(=O)O[C@@H](C/C=C\CCCCCCCC(=O)[O-])CCCCCC.C=C(C)C(=O)O[C@@H](C/C=C\CCCCCCCC(=O)[O-])CCCCCC.[Mg+2]. The zero-order valence-corrected chi connectivity index (χ0v) is 35.7. The first-order valence-electron chi connectivity index (χ1n) is 20.4. The Kier molecular flexibility index (Phi) is 42.3. The molecule has 0 aromatic rings. The zero-order valence-electron chi connectivity index (χ0n) is 34.2. The standard InChI is InChI=1S/2C22H38O4.Mg/c2*1-4-5-6-13-16-20(26-22(25)19(2)3)17-14-11-9-7-8-10-12-15-18-21(23)24;/h2*11,14,20H,2,4-10,12-13,15-18H2,1,3H3,(H,23,24);/q;;+2/p-2/b2*14-11-;/t2*20-;/m11./s1. The van der Waals surface area contributed by atoms with E-state index in [1.165, 1.54) is 38.5 Å². The zero-order chi connectivity index (χ0) is 39.2. The summed E-state index contributed by atoms with van der Waals surface area (Å²) in [4.78, 5) is 44.1. The van der Waals surface area contributed by atoms with Gasteiger partial charge in [0.25, 0.3) is 0 Å². The summed E-state index contributed by atoms with van der Waals surface area (Å²) >= 11 is 0. The van der Waals surface area contributed by atoms with Crippen LogP contribution in [0, 0.1) is 0 Å². The van der Waals surface area contributed by atoms with Gasteiger partial charge in [0.2, 0.25) is 0 Å². The molecule has 0 aromatic heterocycles. The number of hydrogen-bond donors (Lipinski definition) is 0. The van der Waals surface area contributed by atoms with Gasteiger partial charge in [-0.15, -0.1) is 0 Å². The molecule has 0 fully saturated rings. The van der Waals surface area contributed by atoms with Crippen molar-refractivity contribution < 1.29 is 38.9 Å². The summed E-state index contributed by atoms with van der Waals surface area (Å²) in [6.07, 6.45) is 33.4. The minimum Gasteiger partial charge on any atom is -0.550 e. The van der Waals surface area contributed by atoms with E-state index in [-0.39, 0.29) is 60.0 Å². The molecular weight excluding hydrogens is 681 g/mol. The molecule has 0 N–H and O–H groups in total. The Morgan fingerprint density at radius 2 is 0.830 bits per heavy atom. The second-order valence-electron chi connectivity index (χ2n) is 14.1. The van der Waals surface area contributed by atoms with Crippen molar-refractivity contribution in [3.8, 4) is 0 Å². The predicted octanol–water partition coefficient (Wildman–Crippen LogP) is 9.36. The third kappa shape index (κ3) is 42.2. The fourth-order valence-corrected chi connectivity index (χ4v) is 5.41. The van der Waals surface area contributed by atoms with E-state index in [0.29, 0.717) is 24.0 Å². The summed E-state index contributed by atoms with van der Waals surface area (Å²) in [7, 11) is 0. The van der Waals surface area contributed by atoms with E-state index >= 15 is 0 Å². The Bertz CT molecular complexity index is 939. The Morgan fingerprint density at radius 1 is 0.509 bits per heavy atom. The summed E-state index contributed by atoms with van der Waals surface area (Å²) in [6, 6.07) is 0. The number of carbonyl (C=O) groups is 4. The molecule has 0 radical (unpaired) electrons. The van der Waals surface area contributed by atoms with E-state index < -0.39 is 11.9 Å². The van der Waals surface area contributed by atoms with Gasteiger partial charge in [-0.2, -0.15) is 0 Å². The van der Waals surface area contributed by atoms with E-state index in [1.807, 2.05) is 0 Å². The molecule has 0 aliphatic heterocycles. The van der Waals surface area contributed by atoms with Crippen molar-refractivity contribution >= 4 is 46.9 Å².